The van der Waals surface area contributed by atoms with Gasteiger partial charge in [0.1, 0.15) is 17.0 Å². The van der Waals surface area contributed by atoms with Crippen LogP contribution in [0.5, 0.6) is 0 Å². The van der Waals surface area contributed by atoms with Crippen LogP contribution in [0.1, 0.15) is 34.3 Å². The Labute approximate surface area is 183 Å². The van der Waals surface area contributed by atoms with Gasteiger partial charge in [-0.15, -0.1) is 0 Å². The Morgan fingerprint density at radius 1 is 1.23 bits per heavy atom. The number of amides is 1. The molecule has 4 aromatic rings. The molecule has 8 heteroatoms. The second-order valence-corrected chi connectivity index (χ2v) is 8.14. The van der Waals surface area contributed by atoms with E-state index in [9.17, 15) is 9.59 Å². The number of carbonyl (C=O) groups excluding carboxylic acids is 1. The number of hydrogen-bond acceptors (Lipinski definition) is 6. The summed E-state index contributed by atoms with van der Waals surface area (Å²) in [4.78, 5) is 36.9. The number of benzene rings is 1. The first-order valence-electron chi connectivity index (χ1n) is 9.86. The van der Waals surface area contributed by atoms with E-state index in [0.717, 1.165) is 22.5 Å². The molecule has 31 heavy (non-hydrogen) atoms. The van der Waals surface area contributed by atoms with Crippen molar-refractivity contribution in [2.24, 2.45) is 0 Å². The van der Waals surface area contributed by atoms with Crippen LogP contribution >= 0.6 is 11.8 Å². The second-order valence-electron chi connectivity index (χ2n) is 7.15. The van der Waals surface area contributed by atoms with Crippen LogP contribution < -0.4 is 10.9 Å². The maximum atomic E-state index is 13.0. The van der Waals surface area contributed by atoms with E-state index in [4.69, 9.17) is 4.42 Å². The quantitative estimate of drug-likeness (QED) is 0.454. The van der Waals surface area contributed by atoms with Crippen LogP contribution in [0.3, 0.4) is 0 Å². The molecule has 0 aliphatic carbocycles. The fourth-order valence-electron chi connectivity index (χ4n) is 3.37. The van der Waals surface area contributed by atoms with E-state index in [1.54, 1.807) is 48.3 Å². The molecule has 0 saturated heterocycles. The molecular formula is C23H22N4O3S. The first kappa shape index (κ1) is 20.9. The van der Waals surface area contributed by atoms with E-state index in [0.29, 0.717) is 29.2 Å². The molecular weight excluding hydrogens is 412 g/mol. The molecule has 3 aromatic heterocycles. The number of nitrogens with zero attached hydrogens (tertiary/aromatic N) is 2. The van der Waals surface area contributed by atoms with Gasteiger partial charge in [0.2, 0.25) is 0 Å². The predicted molar refractivity (Wildman–Crippen MR) is 122 cm³/mol. The third kappa shape index (κ3) is 4.86. The van der Waals surface area contributed by atoms with E-state index < -0.39 is 6.04 Å². The Bertz CT molecular complexity index is 1270. The van der Waals surface area contributed by atoms with Crippen molar-refractivity contribution in [3.05, 3.63) is 82.1 Å². The molecule has 0 radical (unpaired) electrons. The lowest BCUT2D eigenvalue weighted by atomic mass is 10.1. The maximum absolute atomic E-state index is 13.0. The van der Waals surface area contributed by atoms with Crippen molar-refractivity contribution in [3.8, 4) is 11.5 Å². The molecule has 0 unspecified atom stereocenters. The molecule has 3 heterocycles. The van der Waals surface area contributed by atoms with Crippen molar-refractivity contribution < 1.29 is 9.21 Å². The first-order valence-corrected chi connectivity index (χ1v) is 11.3. The Morgan fingerprint density at radius 2 is 2.10 bits per heavy atom. The lowest BCUT2D eigenvalue weighted by Gasteiger charge is -2.18. The molecule has 158 valence electrons. The molecule has 0 aliphatic heterocycles. The molecule has 7 nitrogen and oxygen atoms in total. The number of fused-ring (bicyclic) bond motifs is 1. The summed E-state index contributed by atoms with van der Waals surface area (Å²) in [5.74, 6) is 1.74. The normalized spacial score (nSPS) is 12.1. The van der Waals surface area contributed by atoms with E-state index in [1.807, 2.05) is 25.3 Å². The zero-order chi connectivity index (χ0) is 21.8. The van der Waals surface area contributed by atoms with Crippen LogP contribution in [0.4, 0.5) is 0 Å². The Balaban J connectivity index is 1.64. The lowest BCUT2D eigenvalue weighted by Crippen LogP contribution is -2.30. The highest BCUT2D eigenvalue weighted by atomic mass is 32.2. The standard InChI is InChI=1S/C23H22N4O3S/c1-14-11-16-12-15(6-7-20(16)30-14)23(29)26-17(8-10-31-2)19-13-21(28)27-22(25-19)18-5-3-4-9-24-18/h3-7,9,11-13,17H,8,10H2,1-2H3,(H,26,29)(H,25,27,28)/t17-/m0/s1. The minimum absolute atomic E-state index is 0.228. The minimum atomic E-state index is -0.411. The van der Waals surface area contributed by atoms with Crippen molar-refractivity contribution in [3.63, 3.8) is 0 Å². The minimum Gasteiger partial charge on any atom is -0.461 e. The lowest BCUT2D eigenvalue weighted by molar-refractivity contribution is 0.0935. The molecule has 2 N–H and O–H groups in total. The highest BCUT2D eigenvalue weighted by Gasteiger charge is 2.19. The number of pyridine rings is 1. The van der Waals surface area contributed by atoms with Crippen LogP contribution in [0, 0.1) is 6.92 Å². The summed E-state index contributed by atoms with van der Waals surface area (Å²) in [5.41, 5.74) is 2.05. The largest absolute Gasteiger partial charge is 0.461 e. The summed E-state index contributed by atoms with van der Waals surface area (Å²) in [6.07, 6.45) is 4.28. The predicted octanol–water partition coefficient (Wildman–Crippen LogP) is 4.11. The Morgan fingerprint density at radius 3 is 2.87 bits per heavy atom. The number of hydrogen-bond donors (Lipinski definition) is 2. The third-order valence-electron chi connectivity index (χ3n) is 4.84. The van der Waals surface area contributed by atoms with Crippen molar-refractivity contribution in [1.29, 1.82) is 0 Å². The van der Waals surface area contributed by atoms with Gasteiger partial charge in [-0.3, -0.25) is 14.6 Å². The second kappa shape index (κ2) is 9.18. The summed E-state index contributed by atoms with van der Waals surface area (Å²) >= 11 is 1.67. The van der Waals surface area contributed by atoms with Gasteiger partial charge in [0.25, 0.3) is 11.5 Å². The van der Waals surface area contributed by atoms with Gasteiger partial charge in [0.15, 0.2) is 5.82 Å². The van der Waals surface area contributed by atoms with Crippen LogP contribution in [0.15, 0.2) is 63.9 Å². The number of aromatic nitrogens is 3. The van der Waals surface area contributed by atoms with Gasteiger partial charge in [-0.05, 0) is 61.8 Å². The number of aryl methyl sites for hydroxylation is 1. The first-order chi connectivity index (χ1) is 15.0. The summed E-state index contributed by atoms with van der Waals surface area (Å²) in [6.45, 7) is 1.87. The highest BCUT2D eigenvalue weighted by Crippen LogP contribution is 2.22. The summed E-state index contributed by atoms with van der Waals surface area (Å²) in [7, 11) is 0. The molecule has 0 saturated carbocycles. The summed E-state index contributed by atoms with van der Waals surface area (Å²) in [5, 5.41) is 3.92. The van der Waals surface area contributed by atoms with E-state index in [1.165, 1.54) is 6.07 Å². The topological polar surface area (TPSA) is 101 Å². The van der Waals surface area contributed by atoms with Crippen molar-refractivity contribution >= 4 is 28.6 Å². The van der Waals surface area contributed by atoms with Gasteiger partial charge < -0.3 is 14.7 Å². The monoisotopic (exact) mass is 434 g/mol. The van der Waals surface area contributed by atoms with Gasteiger partial charge in [0, 0.05) is 23.2 Å². The van der Waals surface area contributed by atoms with Crippen LogP contribution in [-0.4, -0.2) is 32.9 Å². The molecule has 4 rings (SSSR count). The molecule has 0 fully saturated rings. The fourth-order valence-corrected chi connectivity index (χ4v) is 3.84. The van der Waals surface area contributed by atoms with E-state index >= 15 is 0 Å². The highest BCUT2D eigenvalue weighted by molar-refractivity contribution is 7.98. The average molecular weight is 435 g/mol. The van der Waals surface area contributed by atoms with Crippen molar-refractivity contribution in [2.75, 3.05) is 12.0 Å². The number of carbonyl (C=O) groups is 1. The molecule has 0 bridgehead atoms. The average Bonchev–Trinajstić information content (AvgIpc) is 3.15. The molecule has 0 aliphatic rings. The third-order valence-corrected chi connectivity index (χ3v) is 5.49. The summed E-state index contributed by atoms with van der Waals surface area (Å²) < 4.78 is 5.59. The number of thioether (sulfide) groups is 1. The zero-order valence-electron chi connectivity index (χ0n) is 17.2. The number of H-pyrrole nitrogens is 1. The van der Waals surface area contributed by atoms with E-state index in [-0.39, 0.29) is 11.5 Å². The molecule has 1 aromatic carbocycles. The Hall–Kier alpha value is -3.39. The number of rotatable bonds is 7. The maximum Gasteiger partial charge on any atom is 0.251 e. The molecule has 1 amide bonds. The van der Waals surface area contributed by atoms with Crippen LogP contribution in [0.2, 0.25) is 0 Å². The Kier molecular flexibility index (Phi) is 6.18. The molecule has 0 spiro atoms. The number of aromatic amines is 1. The van der Waals surface area contributed by atoms with Gasteiger partial charge in [-0.1, -0.05) is 6.07 Å². The van der Waals surface area contributed by atoms with Crippen molar-refractivity contribution in [2.45, 2.75) is 19.4 Å². The van der Waals surface area contributed by atoms with Gasteiger partial charge in [-0.25, -0.2) is 4.98 Å². The van der Waals surface area contributed by atoms with E-state index in [2.05, 4.69) is 20.3 Å². The van der Waals surface area contributed by atoms with Gasteiger partial charge >= 0.3 is 0 Å². The summed E-state index contributed by atoms with van der Waals surface area (Å²) in [6, 6.07) is 13.6. The number of furan rings is 1. The van der Waals surface area contributed by atoms with Crippen molar-refractivity contribution in [1.82, 2.24) is 20.3 Å². The van der Waals surface area contributed by atoms with Crippen LogP contribution in [-0.2, 0) is 0 Å². The number of nitrogens with one attached hydrogen (secondary N) is 2. The smallest absolute Gasteiger partial charge is 0.251 e. The van der Waals surface area contributed by atoms with Gasteiger partial charge in [0.05, 0.1) is 11.7 Å². The zero-order valence-corrected chi connectivity index (χ0v) is 18.0. The van der Waals surface area contributed by atoms with Crippen LogP contribution in [0.25, 0.3) is 22.5 Å². The molecule has 1 atom stereocenters. The van der Waals surface area contributed by atoms with Gasteiger partial charge in [-0.2, -0.15) is 11.8 Å². The SMILES string of the molecule is CSCC[C@H](NC(=O)c1ccc2oc(C)cc2c1)c1cc(=O)[nH]c(-c2ccccn2)n1. The fraction of sp³-hybridized carbons (Fsp3) is 0.217.